The maximum Gasteiger partial charge on any atom is 0.236 e. The third-order valence-corrected chi connectivity index (χ3v) is 2.10. The van der Waals surface area contributed by atoms with Crippen molar-refractivity contribution in [2.45, 2.75) is 52.2 Å². The van der Waals surface area contributed by atoms with Gasteiger partial charge in [0.1, 0.15) is 0 Å². The van der Waals surface area contributed by atoms with Crippen LogP contribution >= 0.6 is 0 Å². The van der Waals surface area contributed by atoms with Gasteiger partial charge in [0.25, 0.3) is 0 Å². The molecule has 1 amide bonds. The van der Waals surface area contributed by atoms with Crippen molar-refractivity contribution < 1.29 is 9.90 Å². The number of nitrogens with two attached hydrogens (primary N) is 1. The standard InChI is InChI=1S/C11H24N2O2/c1-8(2)7-9(12)10(14)13-6-5-11(3,4)15/h8-9,15H,5-7,12H2,1-4H3,(H,13,14)/t9-/m0/s1. The van der Waals surface area contributed by atoms with Crippen molar-refractivity contribution in [3.63, 3.8) is 0 Å². The fourth-order valence-electron chi connectivity index (χ4n) is 1.24. The first-order chi connectivity index (χ1) is 6.72. The zero-order chi connectivity index (χ0) is 12.1. The number of carbonyl (C=O) groups is 1. The fourth-order valence-corrected chi connectivity index (χ4v) is 1.24. The molecule has 0 unspecified atom stereocenters. The van der Waals surface area contributed by atoms with Crippen LogP contribution < -0.4 is 11.1 Å². The molecule has 0 heterocycles. The van der Waals surface area contributed by atoms with E-state index in [4.69, 9.17) is 5.73 Å². The number of carbonyl (C=O) groups excluding carboxylic acids is 1. The lowest BCUT2D eigenvalue weighted by atomic mass is 10.0. The molecular weight excluding hydrogens is 192 g/mol. The molecule has 0 rings (SSSR count). The number of nitrogens with one attached hydrogen (secondary N) is 1. The van der Waals surface area contributed by atoms with E-state index in [2.05, 4.69) is 5.32 Å². The van der Waals surface area contributed by atoms with Crippen LogP contribution in [0.5, 0.6) is 0 Å². The Hall–Kier alpha value is -0.610. The summed E-state index contributed by atoms with van der Waals surface area (Å²) < 4.78 is 0. The van der Waals surface area contributed by atoms with Crippen molar-refractivity contribution in [1.82, 2.24) is 5.32 Å². The van der Waals surface area contributed by atoms with Crippen molar-refractivity contribution in [2.24, 2.45) is 11.7 Å². The highest BCUT2D eigenvalue weighted by Gasteiger charge is 2.16. The van der Waals surface area contributed by atoms with Gasteiger partial charge < -0.3 is 16.2 Å². The zero-order valence-electron chi connectivity index (χ0n) is 10.2. The van der Waals surface area contributed by atoms with Gasteiger partial charge in [0.05, 0.1) is 11.6 Å². The van der Waals surface area contributed by atoms with Gasteiger partial charge in [-0.05, 0) is 32.6 Å². The second-order valence-electron chi connectivity index (χ2n) is 5.09. The van der Waals surface area contributed by atoms with Crippen molar-refractivity contribution in [3.05, 3.63) is 0 Å². The monoisotopic (exact) mass is 216 g/mol. The number of amides is 1. The van der Waals surface area contributed by atoms with Crippen LogP contribution in [0.25, 0.3) is 0 Å². The molecular formula is C11H24N2O2. The van der Waals surface area contributed by atoms with Gasteiger partial charge in [0.15, 0.2) is 0 Å². The number of hydrogen-bond donors (Lipinski definition) is 3. The average molecular weight is 216 g/mol. The van der Waals surface area contributed by atoms with E-state index in [0.717, 1.165) is 0 Å². The Morgan fingerprint density at radius 2 is 2.00 bits per heavy atom. The highest BCUT2D eigenvalue weighted by molar-refractivity contribution is 5.81. The minimum absolute atomic E-state index is 0.132. The fraction of sp³-hybridized carbons (Fsp3) is 0.909. The quantitative estimate of drug-likeness (QED) is 0.610. The van der Waals surface area contributed by atoms with Gasteiger partial charge in [-0.15, -0.1) is 0 Å². The summed E-state index contributed by atoms with van der Waals surface area (Å²) in [4.78, 5) is 11.4. The Morgan fingerprint density at radius 3 is 2.40 bits per heavy atom. The van der Waals surface area contributed by atoms with Crippen LogP contribution in [-0.2, 0) is 4.79 Å². The molecule has 0 spiro atoms. The van der Waals surface area contributed by atoms with Crippen molar-refractivity contribution in [3.8, 4) is 0 Å². The molecule has 0 saturated heterocycles. The Morgan fingerprint density at radius 1 is 1.47 bits per heavy atom. The molecule has 0 fully saturated rings. The van der Waals surface area contributed by atoms with Crippen LogP contribution in [0.4, 0.5) is 0 Å². The first-order valence-electron chi connectivity index (χ1n) is 5.48. The normalized spacial score (nSPS) is 14.1. The van der Waals surface area contributed by atoms with E-state index < -0.39 is 11.6 Å². The van der Waals surface area contributed by atoms with Gasteiger partial charge in [0.2, 0.25) is 5.91 Å². The molecule has 15 heavy (non-hydrogen) atoms. The lowest BCUT2D eigenvalue weighted by molar-refractivity contribution is -0.122. The van der Waals surface area contributed by atoms with E-state index in [1.807, 2.05) is 13.8 Å². The summed E-state index contributed by atoms with van der Waals surface area (Å²) in [5.74, 6) is 0.285. The van der Waals surface area contributed by atoms with E-state index in [1.54, 1.807) is 13.8 Å². The largest absolute Gasteiger partial charge is 0.390 e. The van der Waals surface area contributed by atoms with E-state index >= 15 is 0 Å². The SMILES string of the molecule is CC(C)C[C@H](N)C(=O)NCCC(C)(C)O. The Kier molecular flexibility index (Phi) is 5.83. The summed E-state index contributed by atoms with van der Waals surface area (Å²) in [6.45, 7) is 7.96. The molecule has 0 saturated carbocycles. The third kappa shape index (κ3) is 8.39. The lowest BCUT2D eigenvalue weighted by Crippen LogP contribution is -2.42. The van der Waals surface area contributed by atoms with Gasteiger partial charge in [-0.25, -0.2) is 0 Å². The molecule has 0 aliphatic rings. The van der Waals surface area contributed by atoms with Crippen LogP contribution in [0.2, 0.25) is 0 Å². The van der Waals surface area contributed by atoms with Crippen molar-refractivity contribution in [1.29, 1.82) is 0 Å². The Bertz CT molecular complexity index is 197. The first-order valence-corrected chi connectivity index (χ1v) is 5.48. The van der Waals surface area contributed by atoms with Crippen molar-refractivity contribution in [2.75, 3.05) is 6.54 Å². The highest BCUT2D eigenvalue weighted by Crippen LogP contribution is 2.06. The highest BCUT2D eigenvalue weighted by atomic mass is 16.3. The molecule has 1 atom stereocenters. The number of rotatable bonds is 6. The van der Waals surface area contributed by atoms with Crippen LogP contribution in [0.15, 0.2) is 0 Å². The zero-order valence-corrected chi connectivity index (χ0v) is 10.2. The molecule has 0 radical (unpaired) electrons. The number of hydrogen-bond acceptors (Lipinski definition) is 3. The van der Waals surface area contributed by atoms with Gasteiger partial charge >= 0.3 is 0 Å². The second kappa shape index (κ2) is 6.08. The molecule has 4 heteroatoms. The summed E-state index contributed by atoms with van der Waals surface area (Å²) in [6, 6.07) is -0.438. The second-order valence-corrected chi connectivity index (χ2v) is 5.09. The molecule has 0 aromatic heterocycles. The van der Waals surface area contributed by atoms with Gasteiger partial charge in [-0.1, -0.05) is 13.8 Å². The molecule has 0 bridgehead atoms. The van der Waals surface area contributed by atoms with Crippen molar-refractivity contribution >= 4 is 5.91 Å². The maximum atomic E-state index is 11.4. The predicted octanol–water partition coefficient (Wildman–Crippen LogP) is 0.637. The van der Waals surface area contributed by atoms with Crippen LogP contribution in [0.1, 0.15) is 40.5 Å². The van der Waals surface area contributed by atoms with Gasteiger partial charge in [-0.2, -0.15) is 0 Å². The first kappa shape index (κ1) is 14.4. The van der Waals surface area contributed by atoms with E-state index in [0.29, 0.717) is 25.3 Å². The molecule has 0 aromatic carbocycles. The summed E-state index contributed by atoms with van der Waals surface area (Å²) in [6.07, 6.45) is 1.22. The van der Waals surface area contributed by atoms with Crippen LogP contribution in [-0.4, -0.2) is 29.2 Å². The molecule has 4 N–H and O–H groups in total. The average Bonchev–Trinajstić information content (AvgIpc) is 2.00. The van der Waals surface area contributed by atoms with Gasteiger partial charge in [-0.3, -0.25) is 4.79 Å². The predicted molar refractivity (Wildman–Crippen MR) is 61.4 cm³/mol. The summed E-state index contributed by atoms with van der Waals surface area (Å²) in [5, 5.41) is 12.2. The molecule has 0 aliphatic carbocycles. The molecule has 0 aromatic rings. The smallest absolute Gasteiger partial charge is 0.236 e. The summed E-state index contributed by atoms with van der Waals surface area (Å²) >= 11 is 0. The van der Waals surface area contributed by atoms with Crippen LogP contribution in [0, 0.1) is 5.92 Å². The Labute approximate surface area is 92.2 Å². The summed E-state index contributed by atoms with van der Waals surface area (Å²) in [7, 11) is 0. The minimum Gasteiger partial charge on any atom is -0.390 e. The van der Waals surface area contributed by atoms with E-state index in [9.17, 15) is 9.90 Å². The molecule has 90 valence electrons. The molecule has 4 nitrogen and oxygen atoms in total. The lowest BCUT2D eigenvalue weighted by Gasteiger charge is -2.18. The van der Waals surface area contributed by atoms with Gasteiger partial charge in [0, 0.05) is 6.54 Å². The van der Waals surface area contributed by atoms with E-state index in [-0.39, 0.29) is 5.91 Å². The third-order valence-electron chi connectivity index (χ3n) is 2.10. The Balaban J connectivity index is 3.74. The van der Waals surface area contributed by atoms with E-state index in [1.165, 1.54) is 0 Å². The van der Waals surface area contributed by atoms with Crippen LogP contribution in [0.3, 0.4) is 0 Å². The minimum atomic E-state index is -0.741. The topological polar surface area (TPSA) is 75.4 Å². The maximum absolute atomic E-state index is 11.4. The molecule has 0 aliphatic heterocycles. The number of aliphatic hydroxyl groups is 1. The summed E-state index contributed by atoms with van der Waals surface area (Å²) in [5.41, 5.74) is 4.95.